The van der Waals surface area contributed by atoms with E-state index >= 15 is 0 Å². The first-order chi connectivity index (χ1) is 16.7. The van der Waals surface area contributed by atoms with Gasteiger partial charge in [0.1, 0.15) is 15.6 Å². The van der Waals surface area contributed by atoms with E-state index in [4.69, 9.17) is 14.2 Å². The summed E-state index contributed by atoms with van der Waals surface area (Å²) in [6.07, 6.45) is 1.62. The largest absolute Gasteiger partial charge is 0.471 e. The molecule has 3 rings (SSSR count). The van der Waals surface area contributed by atoms with E-state index in [-0.39, 0.29) is 41.1 Å². The van der Waals surface area contributed by atoms with Crippen LogP contribution < -0.4 is 10.1 Å². The first-order valence-electron chi connectivity index (χ1n) is 11.3. The van der Waals surface area contributed by atoms with Crippen LogP contribution in [0.4, 0.5) is 5.00 Å². The van der Waals surface area contributed by atoms with E-state index in [0.29, 0.717) is 17.2 Å². The highest BCUT2D eigenvalue weighted by Crippen LogP contribution is 2.34. The van der Waals surface area contributed by atoms with Crippen LogP contribution in [0.2, 0.25) is 0 Å². The van der Waals surface area contributed by atoms with Crippen molar-refractivity contribution in [1.29, 1.82) is 0 Å². The van der Waals surface area contributed by atoms with Gasteiger partial charge in [-0.1, -0.05) is 26.0 Å². The third kappa shape index (κ3) is 6.27. The number of ether oxygens (including phenoxy) is 3. The topological polar surface area (TPSA) is 109 Å². The number of anilines is 1. The summed E-state index contributed by atoms with van der Waals surface area (Å²) < 4.78 is 17.4. The van der Waals surface area contributed by atoms with Crippen LogP contribution in [0.3, 0.4) is 0 Å². The average Bonchev–Trinajstić information content (AvgIpc) is 3.43. The van der Waals surface area contributed by atoms with E-state index in [1.54, 1.807) is 27.0 Å². The fraction of sp³-hybridized carbons (Fsp3) is 0.360. The van der Waals surface area contributed by atoms with Crippen molar-refractivity contribution in [3.8, 4) is 5.75 Å². The summed E-state index contributed by atoms with van der Waals surface area (Å²) in [6, 6.07) is 9.35. The third-order valence-electron chi connectivity index (χ3n) is 5.10. The van der Waals surface area contributed by atoms with Gasteiger partial charge < -0.3 is 19.5 Å². The summed E-state index contributed by atoms with van der Waals surface area (Å²) in [6.45, 7) is 9.69. The summed E-state index contributed by atoms with van der Waals surface area (Å²) in [4.78, 5) is 37.9. The molecule has 2 heterocycles. The molecule has 9 nitrogen and oxygen atoms in total. The van der Waals surface area contributed by atoms with Crippen molar-refractivity contribution in [2.45, 2.75) is 47.3 Å². The number of nitrogens with one attached hydrogen (secondary N) is 1. The molecule has 1 aromatic carbocycles. The van der Waals surface area contributed by atoms with Gasteiger partial charge in [-0.05, 0) is 56.0 Å². The van der Waals surface area contributed by atoms with E-state index in [2.05, 4.69) is 24.3 Å². The minimum atomic E-state index is -0.630. The number of carbonyl (C=O) groups excluding carboxylic acids is 3. The monoisotopic (exact) mass is 499 g/mol. The number of amides is 1. The van der Waals surface area contributed by atoms with Crippen molar-refractivity contribution in [2.24, 2.45) is 0 Å². The number of rotatable bonds is 10. The summed E-state index contributed by atoms with van der Waals surface area (Å²) in [7, 11) is 0. The highest BCUT2D eigenvalue weighted by molar-refractivity contribution is 7.18. The van der Waals surface area contributed by atoms with Gasteiger partial charge in [-0.3, -0.25) is 4.79 Å². The van der Waals surface area contributed by atoms with Gasteiger partial charge in [0, 0.05) is 6.20 Å². The van der Waals surface area contributed by atoms with Gasteiger partial charge in [-0.2, -0.15) is 5.10 Å². The molecule has 0 fully saturated rings. The van der Waals surface area contributed by atoms with Crippen molar-refractivity contribution >= 4 is 34.2 Å². The molecule has 0 unspecified atom stereocenters. The Kier molecular flexibility index (Phi) is 8.64. The number of nitrogens with zero attached hydrogens (tertiary/aromatic N) is 2. The molecule has 3 aromatic rings. The van der Waals surface area contributed by atoms with Gasteiger partial charge in [0.2, 0.25) is 0 Å². The van der Waals surface area contributed by atoms with Crippen molar-refractivity contribution in [2.75, 3.05) is 18.5 Å². The van der Waals surface area contributed by atoms with E-state index in [0.717, 1.165) is 11.3 Å². The lowest BCUT2D eigenvalue weighted by molar-refractivity contribution is 0.0527. The second-order valence-corrected chi connectivity index (χ2v) is 8.91. The molecule has 35 heavy (non-hydrogen) atoms. The molecule has 10 heteroatoms. The predicted octanol–water partition coefficient (Wildman–Crippen LogP) is 5.02. The lowest BCUT2D eigenvalue weighted by Gasteiger charge is -2.09. The lowest BCUT2D eigenvalue weighted by Crippen LogP contribution is -2.16. The van der Waals surface area contributed by atoms with Gasteiger partial charge >= 0.3 is 11.9 Å². The zero-order chi connectivity index (χ0) is 25.5. The normalized spacial score (nSPS) is 10.8. The Morgan fingerprint density at radius 1 is 1.03 bits per heavy atom. The quantitative estimate of drug-likeness (QED) is 0.390. The van der Waals surface area contributed by atoms with Crippen molar-refractivity contribution in [1.82, 2.24) is 9.78 Å². The maximum Gasteiger partial charge on any atom is 0.348 e. The molecule has 0 spiro atoms. The second kappa shape index (κ2) is 11.7. The van der Waals surface area contributed by atoms with Crippen LogP contribution in [-0.2, 0) is 16.2 Å². The standard InChI is InChI=1S/C25H29N3O6S/c1-6-32-24(30)20-16(5)21(25(31)33-7-2)35-23(20)26-22(29)19-12-13-28(27-19)14-34-18-10-8-17(9-11-18)15(3)4/h8-13,15H,6-7,14H2,1-5H3,(H,26,29). The van der Waals surface area contributed by atoms with Crippen LogP contribution >= 0.6 is 11.3 Å². The van der Waals surface area contributed by atoms with E-state index in [1.807, 2.05) is 24.3 Å². The Labute approximate surface area is 208 Å². The predicted molar refractivity (Wildman–Crippen MR) is 132 cm³/mol. The Morgan fingerprint density at radius 2 is 1.69 bits per heavy atom. The molecule has 0 saturated carbocycles. The molecule has 0 radical (unpaired) electrons. The second-order valence-electron chi connectivity index (χ2n) is 7.89. The number of aromatic nitrogens is 2. The number of benzene rings is 1. The van der Waals surface area contributed by atoms with E-state index in [9.17, 15) is 14.4 Å². The van der Waals surface area contributed by atoms with Gasteiger partial charge in [-0.15, -0.1) is 11.3 Å². The molecule has 0 aliphatic carbocycles. The Balaban J connectivity index is 1.73. The highest BCUT2D eigenvalue weighted by Gasteiger charge is 2.28. The zero-order valence-electron chi connectivity index (χ0n) is 20.4. The van der Waals surface area contributed by atoms with E-state index < -0.39 is 17.8 Å². The lowest BCUT2D eigenvalue weighted by atomic mass is 10.0. The first kappa shape index (κ1) is 26.0. The first-order valence-corrected chi connectivity index (χ1v) is 12.1. The molecule has 0 aliphatic heterocycles. The molecule has 1 amide bonds. The molecular weight excluding hydrogens is 470 g/mol. The smallest absolute Gasteiger partial charge is 0.348 e. The van der Waals surface area contributed by atoms with Crippen LogP contribution in [0.25, 0.3) is 0 Å². The number of esters is 2. The van der Waals surface area contributed by atoms with Crippen molar-refractivity contribution in [3.63, 3.8) is 0 Å². The number of hydrogen-bond acceptors (Lipinski definition) is 8. The maximum absolute atomic E-state index is 12.9. The van der Waals surface area contributed by atoms with Crippen LogP contribution in [0.1, 0.15) is 75.3 Å². The van der Waals surface area contributed by atoms with Gasteiger partial charge in [-0.25, -0.2) is 14.3 Å². The fourth-order valence-corrected chi connectivity index (χ4v) is 4.34. The molecular formula is C25H29N3O6S. The Morgan fingerprint density at radius 3 is 2.31 bits per heavy atom. The van der Waals surface area contributed by atoms with Crippen molar-refractivity contribution in [3.05, 3.63) is 63.8 Å². The van der Waals surface area contributed by atoms with Crippen molar-refractivity contribution < 1.29 is 28.6 Å². The average molecular weight is 500 g/mol. The summed E-state index contributed by atoms with van der Waals surface area (Å²) in [5, 5.41) is 7.13. The van der Waals surface area contributed by atoms with Gasteiger partial charge in [0.05, 0.1) is 18.8 Å². The molecule has 0 aliphatic rings. The van der Waals surface area contributed by atoms with Gasteiger partial charge in [0.15, 0.2) is 12.4 Å². The third-order valence-corrected chi connectivity index (χ3v) is 6.29. The number of carbonyl (C=O) groups is 3. The van der Waals surface area contributed by atoms with Crippen LogP contribution in [0.5, 0.6) is 5.75 Å². The fourth-order valence-electron chi connectivity index (χ4n) is 3.25. The number of thiophene rings is 1. The summed E-state index contributed by atoms with van der Waals surface area (Å²) in [5.74, 6) is -0.609. The minimum Gasteiger partial charge on any atom is -0.471 e. The molecule has 1 N–H and O–H groups in total. The summed E-state index contributed by atoms with van der Waals surface area (Å²) >= 11 is 0.962. The SMILES string of the molecule is CCOC(=O)c1sc(NC(=O)c2ccn(COc3ccc(C(C)C)cc3)n2)c(C(=O)OCC)c1C. The molecule has 186 valence electrons. The molecule has 0 bridgehead atoms. The van der Waals surface area contributed by atoms with Crippen LogP contribution in [0, 0.1) is 6.92 Å². The van der Waals surface area contributed by atoms with Crippen LogP contribution in [0.15, 0.2) is 36.5 Å². The molecule has 0 saturated heterocycles. The molecule has 2 aromatic heterocycles. The Hall–Kier alpha value is -3.66. The maximum atomic E-state index is 12.9. The zero-order valence-corrected chi connectivity index (χ0v) is 21.2. The highest BCUT2D eigenvalue weighted by atomic mass is 32.1. The van der Waals surface area contributed by atoms with Gasteiger partial charge in [0.25, 0.3) is 5.91 Å². The van der Waals surface area contributed by atoms with Crippen LogP contribution in [-0.4, -0.2) is 40.8 Å². The minimum absolute atomic E-state index is 0.119. The number of hydrogen-bond donors (Lipinski definition) is 1. The Bertz CT molecular complexity index is 1200. The van der Waals surface area contributed by atoms with E-state index in [1.165, 1.54) is 16.3 Å². The molecule has 0 atom stereocenters. The summed E-state index contributed by atoms with van der Waals surface area (Å²) in [5.41, 5.74) is 1.86.